The van der Waals surface area contributed by atoms with E-state index >= 15 is 0 Å². The molecule has 100 valence electrons. The molecule has 17 heavy (non-hydrogen) atoms. The number of nitrogens with zero attached hydrogens (tertiary/aromatic N) is 1. The van der Waals surface area contributed by atoms with Gasteiger partial charge in [0.2, 0.25) is 0 Å². The molecule has 0 spiro atoms. The molecule has 0 aromatic rings. The molecule has 0 heterocycles. The van der Waals surface area contributed by atoms with Gasteiger partial charge < -0.3 is 14.0 Å². The minimum Gasteiger partial charge on any atom is -0.462 e. The molecule has 0 saturated heterocycles. The molecule has 1 unspecified atom stereocenters. The highest BCUT2D eigenvalue weighted by atomic mass is 16.5. The number of esters is 1. The normalized spacial score (nSPS) is 13.2. The Morgan fingerprint density at radius 3 is 2.35 bits per heavy atom. The largest absolute Gasteiger partial charge is 0.462 e. The number of carbonyl (C=O) groups excluding carboxylic acids is 1. The van der Waals surface area contributed by atoms with Gasteiger partial charge in [-0.15, -0.1) is 0 Å². The molecule has 0 N–H and O–H groups in total. The number of likely N-dealkylation sites (N-methyl/N-ethyl adjacent to an activating group) is 1. The number of ether oxygens (including phenoxy) is 2. The monoisotopic (exact) mass is 244 g/mol. The van der Waals surface area contributed by atoms with Crippen molar-refractivity contribution in [1.82, 2.24) is 0 Å². The fourth-order valence-electron chi connectivity index (χ4n) is 1.48. The van der Waals surface area contributed by atoms with E-state index < -0.39 is 0 Å². The van der Waals surface area contributed by atoms with E-state index in [9.17, 15) is 4.79 Å². The van der Waals surface area contributed by atoms with Gasteiger partial charge in [-0.2, -0.15) is 0 Å². The number of rotatable bonds is 8. The fourth-order valence-corrected chi connectivity index (χ4v) is 1.48. The molecule has 0 rings (SSSR count). The van der Waals surface area contributed by atoms with Gasteiger partial charge in [-0.25, -0.2) is 4.79 Å². The van der Waals surface area contributed by atoms with E-state index in [1.807, 2.05) is 6.92 Å². The lowest BCUT2D eigenvalue weighted by atomic mass is 10.2. The highest BCUT2D eigenvalue weighted by molar-refractivity contribution is 5.86. The molecule has 0 aliphatic rings. The smallest absolute Gasteiger partial charge is 0.333 e. The van der Waals surface area contributed by atoms with Gasteiger partial charge in [0.05, 0.1) is 27.7 Å². The van der Waals surface area contributed by atoms with Crippen LogP contribution in [-0.2, 0) is 14.3 Å². The van der Waals surface area contributed by atoms with Crippen molar-refractivity contribution >= 4 is 5.97 Å². The molecule has 1 atom stereocenters. The third-order valence-electron chi connectivity index (χ3n) is 2.18. The lowest BCUT2D eigenvalue weighted by Gasteiger charge is -2.29. The summed E-state index contributed by atoms with van der Waals surface area (Å²) in [6.07, 6.45) is 0.848. The van der Waals surface area contributed by atoms with Crippen molar-refractivity contribution in [3.05, 3.63) is 12.2 Å². The molecule has 0 radical (unpaired) electrons. The Kier molecular flexibility index (Phi) is 7.07. The van der Waals surface area contributed by atoms with Crippen molar-refractivity contribution in [3.63, 3.8) is 0 Å². The van der Waals surface area contributed by atoms with Gasteiger partial charge in [-0.1, -0.05) is 6.58 Å². The molecule has 0 fully saturated rings. The van der Waals surface area contributed by atoms with E-state index in [1.54, 1.807) is 6.92 Å². The van der Waals surface area contributed by atoms with Crippen LogP contribution in [0.2, 0.25) is 0 Å². The lowest BCUT2D eigenvalue weighted by Crippen LogP contribution is -2.42. The Bertz CT molecular complexity index is 256. The Morgan fingerprint density at radius 2 is 1.94 bits per heavy atom. The quantitative estimate of drug-likeness (QED) is 0.370. The van der Waals surface area contributed by atoms with Crippen LogP contribution < -0.4 is 0 Å². The standard InChI is InChI=1S/C13H26NO3/c1-7-16-12(10-14(4,5)6)8-9-17-13(15)11(2)3/h12H,2,7-10H2,1,3-6H3/q+1. The zero-order chi connectivity index (χ0) is 13.5. The zero-order valence-corrected chi connectivity index (χ0v) is 11.8. The van der Waals surface area contributed by atoms with Crippen molar-refractivity contribution in [1.29, 1.82) is 0 Å². The van der Waals surface area contributed by atoms with Gasteiger partial charge in [0.25, 0.3) is 0 Å². The van der Waals surface area contributed by atoms with E-state index in [0.717, 1.165) is 17.4 Å². The second kappa shape index (κ2) is 7.45. The summed E-state index contributed by atoms with van der Waals surface area (Å²) in [6, 6.07) is 0. The summed E-state index contributed by atoms with van der Waals surface area (Å²) >= 11 is 0. The minimum absolute atomic E-state index is 0.123. The Labute approximate surface area is 105 Å². The molecule has 4 heteroatoms. The van der Waals surface area contributed by atoms with Gasteiger partial charge in [0.1, 0.15) is 12.6 Å². The summed E-state index contributed by atoms with van der Waals surface area (Å²) in [5.41, 5.74) is 0.435. The third-order valence-corrected chi connectivity index (χ3v) is 2.18. The lowest BCUT2D eigenvalue weighted by molar-refractivity contribution is -0.873. The van der Waals surface area contributed by atoms with E-state index in [0.29, 0.717) is 18.8 Å². The number of hydrogen-bond acceptors (Lipinski definition) is 3. The van der Waals surface area contributed by atoms with Crippen molar-refractivity contribution in [2.45, 2.75) is 26.4 Å². The zero-order valence-electron chi connectivity index (χ0n) is 11.8. The minimum atomic E-state index is -0.328. The molecular weight excluding hydrogens is 218 g/mol. The Balaban J connectivity index is 4.01. The maximum atomic E-state index is 11.2. The molecule has 0 aromatic carbocycles. The molecule has 4 nitrogen and oxygen atoms in total. The molecule has 0 bridgehead atoms. The van der Waals surface area contributed by atoms with Crippen LogP contribution in [0.4, 0.5) is 0 Å². The van der Waals surface area contributed by atoms with Crippen molar-refractivity contribution in [3.8, 4) is 0 Å². The Hall–Kier alpha value is -0.870. The fraction of sp³-hybridized carbons (Fsp3) is 0.769. The summed E-state index contributed by atoms with van der Waals surface area (Å²) in [7, 11) is 6.35. The van der Waals surface area contributed by atoms with Crippen LogP contribution in [0.3, 0.4) is 0 Å². The molecule has 0 aromatic heterocycles. The molecule has 0 saturated carbocycles. The first-order valence-corrected chi connectivity index (χ1v) is 6.01. The first-order chi connectivity index (χ1) is 7.76. The summed E-state index contributed by atoms with van der Waals surface area (Å²) < 4.78 is 11.5. The number of carbonyl (C=O) groups is 1. The second-order valence-corrected chi connectivity index (χ2v) is 5.26. The highest BCUT2D eigenvalue weighted by Gasteiger charge is 2.18. The molecule has 0 amide bonds. The van der Waals surface area contributed by atoms with E-state index in [4.69, 9.17) is 9.47 Å². The van der Waals surface area contributed by atoms with Crippen LogP contribution in [-0.4, -0.2) is 57.5 Å². The molecular formula is C13H26NO3+. The van der Waals surface area contributed by atoms with Crippen molar-refractivity contribution in [2.24, 2.45) is 0 Å². The molecule has 0 aliphatic carbocycles. The van der Waals surface area contributed by atoms with Gasteiger partial charge in [0, 0.05) is 18.6 Å². The van der Waals surface area contributed by atoms with Gasteiger partial charge >= 0.3 is 5.97 Å². The van der Waals surface area contributed by atoms with Crippen LogP contribution in [0.1, 0.15) is 20.3 Å². The second-order valence-electron chi connectivity index (χ2n) is 5.26. The summed E-state index contributed by atoms with van der Waals surface area (Å²) in [5, 5.41) is 0. The first-order valence-electron chi connectivity index (χ1n) is 6.01. The van der Waals surface area contributed by atoms with E-state index in [2.05, 4.69) is 27.7 Å². The van der Waals surface area contributed by atoms with Crippen LogP contribution in [0, 0.1) is 0 Å². The number of quaternary nitrogens is 1. The van der Waals surface area contributed by atoms with Gasteiger partial charge in [-0.3, -0.25) is 0 Å². The SMILES string of the molecule is C=C(C)C(=O)OCCC(C[N+](C)(C)C)OCC. The van der Waals surface area contributed by atoms with Crippen LogP contribution in [0.5, 0.6) is 0 Å². The average molecular weight is 244 g/mol. The van der Waals surface area contributed by atoms with Gasteiger partial charge in [-0.05, 0) is 13.8 Å². The van der Waals surface area contributed by atoms with Crippen molar-refractivity contribution in [2.75, 3.05) is 40.9 Å². The third kappa shape index (κ3) is 8.89. The summed E-state index contributed by atoms with van der Waals surface area (Å²) in [5.74, 6) is -0.328. The Morgan fingerprint density at radius 1 is 1.35 bits per heavy atom. The number of hydrogen-bond donors (Lipinski definition) is 0. The van der Waals surface area contributed by atoms with Crippen molar-refractivity contribution < 1.29 is 18.8 Å². The van der Waals surface area contributed by atoms with Crippen LogP contribution in [0.25, 0.3) is 0 Å². The highest BCUT2D eigenvalue weighted by Crippen LogP contribution is 2.05. The predicted octanol–water partition coefficient (Wildman–Crippen LogP) is 1.61. The van der Waals surface area contributed by atoms with Crippen LogP contribution in [0.15, 0.2) is 12.2 Å². The maximum absolute atomic E-state index is 11.2. The molecule has 0 aliphatic heterocycles. The maximum Gasteiger partial charge on any atom is 0.333 e. The van der Waals surface area contributed by atoms with E-state index in [1.165, 1.54) is 0 Å². The summed E-state index contributed by atoms with van der Waals surface area (Å²) in [6.45, 7) is 9.13. The summed E-state index contributed by atoms with van der Waals surface area (Å²) in [4.78, 5) is 11.2. The predicted molar refractivity (Wildman–Crippen MR) is 68.7 cm³/mol. The average Bonchev–Trinajstić information content (AvgIpc) is 2.15. The van der Waals surface area contributed by atoms with Gasteiger partial charge in [0.15, 0.2) is 0 Å². The van der Waals surface area contributed by atoms with E-state index in [-0.39, 0.29) is 12.1 Å². The topological polar surface area (TPSA) is 35.5 Å². The first kappa shape index (κ1) is 16.1. The van der Waals surface area contributed by atoms with Crippen LogP contribution >= 0.6 is 0 Å².